The third-order valence-electron chi connectivity index (χ3n) is 4.77. The number of primary sulfonamides is 1. The molecule has 0 unspecified atom stereocenters. The van der Waals surface area contributed by atoms with Gasteiger partial charge in [0.05, 0.1) is 17.0 Å². The summed E-state index contributed by atoms with van der Waals surface area (Å²) in [5.41, 5.74) is 3.64. The van der Waals surface area contributed by atoms with E-state index in [0.29, 0.717) is 23.0 Å². The van der Waals surface area contributed by atoms with Gasteiger partial charge < -0.3 is 9.47 Å². The van der Waals surface area contributed by atoms with Crippen LogP contribution in [-0.4, -0.2) is 15.5 Å². The topological polar surface area (TPSA) is 78.6 Å². The monoisotopic (exact) mass is 427 g/mol. The van der Waals surface area contributed by atoms with E-state index in [9.17, 15) is 8.42 Å². The summed E-state index contributed by atoms with van der Waals surface area (Å²) in [5, 5.41) is 5.71. The van der Waals surface area contributed by atoms with Gasteiger partial charge in [0, 0.05) is 17.6 Å². The van der Waals surface area contributed by atoms with E-state index in [0.717, 1.165) is 28.0 Å². The van der Waals surface area contributed by atoms with Crippen LogP contribution in [0.3, 0.4) is 0 Å². The third-order valence-corrected chi connectivity index (χ3v) is 6.00. The molecule has 0 fully saturated rings. The van der Waals surface area contributed by atoms with Crippen LogP contribution in [0.25, 0.3) is 11.3 Å². The first-order chi connectivity index (χ1) is 13.9. The zero-order chi connectivity index (χ0) is 20.6. The number of hydrogen-bond donors (Lipinski definition) is 1. The second-order valence-electron chi connectivity index (χ2n) is 6.61. The number of allylic oxidation sites excluding steroid dienone is 1. The molecule has 1 aliphatic heterocycles. The maximum Gasteiger partial charge on any atom is 0.238 e. The highest BCUT2D eigenvalue weighted by Crippen LogP contribution is 2.40. The zero-order valence-electron chi connectivity index (χ0n) is 15.6. The predicted molar refractivity (Wildman–Crippen MR) is 113 cm³/mol. The molecule has 0 aliphatic carbocycles. The van der Waals surface area contributed by atoms with Gasteiger partial charge in [-0.05, 0) is 53.6 Å². The molecule has 3 aromatic rings. The van der Waals surface area contributed by atoms with E-state index in [1.807, 2.05) is 42.5 Å². The van der Waals surface area contributed by atoms with E-state index in [1.165, 1.54) is 12.1 Å². The van der Waals surface area contributed by atoms with E-state index in [1.54, 1.807) is 19.2 Å². The highest BCUT2D eigenvalue weighted by molar-refractivity contribution is 7.89. The number of para-hydroxylation sites is 1. The fourth-order valence-electron chi connectivity index (χ4n) is 3.31. The fraction of sp³-hybridized carbons (Fsp3) is 0.0909. The lowest BCUT2D eigenvalue weighted by Crippen LogP contribution is -2.13. The Morgan fingerprint density at radius 1 is 1.00 bits per heavy atom. The minimum absolute atomic E-state index is 0.0482. The van der Waals surface area contributed by atoms with Crippen LogP contribution < -0.4 is 14.6 Å². The number of benzene rings is 3. The second-order valence-corrected chi connectivity index (χ2v) is 8.58. The van der Waals surface area contributed by atoms with Crippen molar-refractivity contribution in [3.63, 3.8) is 0 Å². The summed E-state index contributed by atoms with van der Waals surface area (Å²) in [6.45, 7) is 0. The molecule has 0 saturated carbocycles. The molecule has 7 heteroatoms. The molecule has 0 radical (unpaired) electrons. The molecular weight excluding hydrogens is 410 g/mol. The number of fused-ring (bicyclic) bond motifs is 1. The molecule has 0 saturated heterocycles. The van der Waals surface area contributed by atoms with Gasteiger partial charge in [-0.15, -0.1) is 0 Å². The predicted octanol–water partition coefficient (Wildman–Crippen LogP) is 4.50. The number of sulfonamides is 1. The van der Waals surface area contributed by atoms with Crippen molar-refractivity contribution in [2.75, 3.05) is 7.11 Å². The number of hydrogen-bond acceptors (Lipinski definition) is 4. The number of ether oxygens (including phenoxy) is 2. The molecule has 0 aromatic heterocycles. The van der Waals surface area contributed by atoms with E-state index >= 15 is 0 Å². The van der Waals surface area contributed by atoms with Gasteiger partial charge in [0.1, 0.15) is 17.3 Å². The lowest BCUT2D eigenvalue weighted by atomic mass is 9.92. The van der Waals surface area contributed by atoms with Gasteiger partial charge in [-0.25, -0.2) is 13.6 Å². The van der Waals surface area contributed by atoms with E-state index in [-0.39, 0.29) is 4.90 Å². The Bertz CT molecular complexity index is 1220. The minimum Gasteiger partial charge on any atom is -0.495 e. The molecule has 148 valence electrons. The molecule has 2 N–H and O–H groups in total. The first kappa shape index (κ1) is 19.5. The fourth-order valence-corrected chi connectivity index (χ4v) is 4.08. The van der Waals surface area contributed by atoms with Gasteiger partial charge >= 0.3 is 0 Å². The molecule has 0 spiro atoms. The lowest BCUT2D eigenvalue weighted by Gasteiger charge is -2.24. The van der Waals surface area contributed by atoms with Crippen molar-refractivity contribution < 1.29 is 17.9 Å². The zero-order valence-corrected chi connectivity index (χ0v) is 17.1. The maximum atomic E-state index is 11.6. The van der Waals surface area contributed by atoms with Crippen molar-refractivity contribution in [2.45, 2.75) is 11.3 Å². The van der Waals surface area contributed by atoms with Gasteiger partial charge in [0.25, 0.3) is 0 Å². The highest BCUT2D eigenvalue weighted by Gasteiger charge is 2.23. The molecule has 29 heavy (non-hydrogen) atoms. The van der Waals surface area contributed by atoms with E-state index in [2.05, 4.69) is 0 Å². The van der Waals surface area contributed by atoms with Crippen LogP contribution in [-0.2, 0) is 16.4 Å². The molecule has 3 aromatic carbocycles. The second kappa shape index (κ2) is 7.55. The van der Waals surface area contributed by atoms with Gasteiger partial charge in [-0.1, -0.05) is 35.9 Å². The van der Waals surface area contributed by atoms with Crippen LogP contribution in [0.15, 0.2) is 71.6 Å². The van der Waals surface area contributed by atoms with Gasteiger partial charge in [0.2, 0.25) is 10.0 Å². The SMILES string of the molecule is COc1ccc(C2=C(c3ccc(S(N)(=O)=O)cc3)Oc3ccccc3C2)cc1Cl. The Morgan fingerprint density at radius 2 is 1.69 bits per heavy atom. The summed E-state index contributed by atoms with van der Waals surface area (Å²) in [5.74, 6) is 2.00. The van der Waals surface area contributed by atoms with Crippen molar-refractivity contribution in [3.8, 4) is 11.5 Å². The summed E-state index contributed by atoms with van der Waals surface area (Å²) in [6, 6.07) is 19.7. The van der Waals surface area contributed by atoms with Crippen LogP contribution in [0, 0.1) is 0 Å². The number of methoxy groups -OCH3 is 1. The first-order valence-corrected chi connectivity index (χ1v) is 10.8. The molecule has 1 heterocycles. The van der Waals surface area contributed by atoms with Crippen molar-refractivity contribution in [1.29, 1.82) is 0 Å². The minimum atomic E-state index is -3.77. The van der Waals surface area contributed by atoms with Crippen LogP contribution in [0.2, 0.25) is 5.02 Å². The summed E-state index contributed by atoms with van der Waals surface area (Å²) in [6.07, 6.45) is 0.644. The summed E-state index contributed by atoms with van der Waals surface area (Å²) >= 11 is 6.34. The summed E-state index contributed by atoms with van der Waals surface area (Å²) in [7, 11) is -2.20. The average molecular weight is 428 g/mol. The first-order valence-electron chi connectivity index (χ1n) is 8.83. The van der Waals surface area contributed by atoms with E-state index in [4.69, 9.17) is 26.2 Å². The Balaban J connectivity index is 1.86. The van der Waals surface area contributed by atoms with Gasteiger partial charge in [-0.2, -0.15) is 0 Å². The molecule has 5 nitrogen and oxygen atoms in total. The molecular formula is C22H18ClNO4S. The van der Waals surface area contributed by atoms with Crippen LogP contribution >= 0.6 is 11.6 Å². The molecule has 0 bridgehead atoms. The Labute approximate surface area is 174 Å². The van der Waals surface area contributed by atoms with Crippen molar-refractivity contribution in [2.24, 2.45) is 5.14 Å². The van der Waals surface area contributed by atoms with Crippen LogP contribution in [0.5, 0.6) is 11.5 Å². The third kappa shape index (κ3) is 3.87. The molecule has 0 amide bonds. The smallest absolute Gasteiger partial charge is 0.238 e. The number of rotatable bonds is 4. The summed E-state index contributed by atoms with van der Waals surface area (Å²) in [4.78, 5) is 0.0482. The number of nitrogens with two attached hydrogens (primary N) is 1. The van der Waals surface area contributed by atoms with Crippen LogP contribution in [0.4, 0.5) is 0 Å². The Morgan fingerprint density at radius 3 is 2.34 bits per heavy atom. The van der Waals surface area contributed by atoms with Gasteiger partial charge in [0.15, 0.2) is 0 Å². The highest BCUT2D eigenvalue weighted by atomic mass is 35.5. The lowest BCUT2D eigenvalue weighted by molar-refractivity contribution is 0.415. The van der Waals surface area contributed by atoms with E-state index < -0.39 is 10.0 Å². The quantitative estimate of drug-likeness (QED) is 0.664. The van der Waals surface area contributed by atoms with Gasteiger partial charge in [-0.3, -0.25) is 0 Å². The number of halogens is 1. The molecule has 4 rings (SSSR count). The van der Waals surface area contributed by atoms with Crippen molar-refractivity contribution >= 4 is 33.0 Å². The Hall–Kier alpha value is -2.80. The normalized spacial score (nSPS) is 13.6. The standard InChI is InChI=1S/C22H18ClNO4S/c1-27-21-11-8-15(13-19(21)23)18-12-16-4-2-3-5-20(16)28-22(18)14-6-9-17(10-7-14)29(24,25)26/h2-11,13H,12H2,1H3,(H2,24,25,26). The molecule has 1 aliphatic rings. The average Bonchev–Trinajstić information content (AvgIpc) is 2.72. The summed E-state index contributed by atoms with van der Waals surface area (Å²) < 4.78 is 34.6. The van der Waals surface area contributed by atoms with Crippen molar-refractivity contribution in [1.82, 2.24) is 0 Å². The largest absolute Gasteiger partial charge is 0.495 e. The maximum absolute atomic E-state index is 11.6. The Kier molecular flexibility index (Phi) is 5.08. The molecule has 0 atom stereocenters. The van der Waals surface area contributed by atoms with Crippen molar-refractivity contribution in [3.05, 3.63) is 88.4 Å². The van der Waals surface area contributed by atoms with Crippen LogP contribution in [0.1, 0.15) is 16.7 Å².